The van der Waals surface area contributed by atoms with Crippen LogP contribution in [-0.4, -0.2) is 65.9 Å². The number of carbonyl (C=O) groups is 2. The Kier molecular flexibility index (Phi) is 7.87. The van der Waals surface area contributed by atoms with E-state index in [2.05, 4.69) is 32.3 Å². The molecule has 1 fully saturated rings. The summed E-state index contributed by atoms with van der Waals surface area (Å²) in [4.78, 5) is 41.6. The second kappa shape index (κ2) is 10.8. The van der Waals surface area contributed by atoms with Crippen LogP contribution in [-0.2, 0) is 22.6 Å². The first-order chi connectivity index (χ1) is 16.1. The third-order valence-electron chi connectivity index (χ3n) is 5.32. The SMILES string of the molecule is O=C(Cc1cncn1Cc1ccccc1)N1CCC(c2n[nH]c(=O)[nH]2)CC1.O=C(O)C(F)(F)F. The molecule has 1 aliphatic rings. The molecule has 1 aromatic carbocycles. The summed E-state index contributed by atoms with van der Waals surface area (Å²) in [5.74, 6) is -1.77. The van der Waals surface area contributed by atoms with E-state index < -0.39 is 12.1 Å². The standard InChI is InChI=1S/C19H22N6O2.C2HF3O2/c26-17(24-8-6-15(7-9-24)18-21-19(27)23-22-18)10-16-11-20-13-25(16)12-14-4-2-1-3-5-14;3-2(4,5)1(6)7/h1-5,11,13,15H,6-10,12H2,(H2,21,22,23,27);(H,6,7). The lowest BCUT2D eigenvalue weighted by Gasteiger charge is -2.31. The summed E-state index contributed by atoms with van der Waals surface area (Å²) in [7, 11) is 0. The van der Waals surface area contributed by atoms with Crippen molar-refractivity contribution in [2.45, 2.75) is 37.9 Å². The minimum Gasteiger partial charge on any atom is -0.475 e. The zero-order valence-electron chi connectivity index (χ0n) is 18.0. The first kappa shape index (κ1) is 24.7. The molecule has 0 unspecified atom stereocenters. The number of nitrogens with one attached hydrogen (secondary N) is 2. The molecule has 34 heavy (non-hydrogen) atoms. The first-order valence-corrected chi connectivity index (χ1v) is 10.4. The lowest BCUT2D eigenvalue weighted by molar-refractivity contribution is -0.192. The van der Waals surface area contributed by atoms with Gasteiger partial charge in [0, 0.05) is 37.4 Å². The van der Waals surface area contributed by atoms with Gasteiger partial charge in [0.1, 0.15) is 5.82 Å². The number of halogens is 3. The van der Waals surface area contributed by atoms with Gasteiger partial charge < -0.3 is 14.6 Å². The van der Waals surface area contributed by atoms with Gasteiger partial charge in [-0.05, 0) is 18.4 Å². The molecule has 1 amide bonds. The fraction of sp³-hybridized carbons (Fsp3) is 0.381. The van der Waals surface area contributed by atoms with Gasteiger partial charge in [-0.15, -0.1) is 0 Å². The number of benzene rings is 1. The summed E-state index contributed by atoms with van der Waals surface area (Å²) in [6, 6.07) is 10.1. The van der Waals surface area contributed by atoms with E-state index in [0.717, 1.165) is 18.5 Å². The number of piperidine rings is 1. The Balaban J connectivity index is 0.000000406. The van der Waals surface area contributed by atoms with Crippen LogP contribution in [0.1, 0.15) is 35.8 Å². The van der Waals surface area contributed by atoms with Gasteiger partial charge in [-0.1, -0.05) is 30.3 Å². The fourth-order valence-corrected chi connectivity index (χ4v) is 3.56. The number of aliphatic carboxylic acids is 1. The third-order valence-corrected chi connectivity index (χ3v) is 5.32. The van der Waals surface area contributed by atoms with Crippen molar-refractivity contribution in [2.75, 3.05) is 13.1 Å². The number of alkyl halides is 3. The highest BCUT2D eigenvalue weighted by Gasteiger charge is 2.38. The molecule has 3 N–H and O–H groups in total. The lowest BCUT2D eigenvalue weighted by Crippen LogP contribution is -2.39. The molecule has 0 aliphatic carbocycles. The average Bonchev–Trinajstić information content (AvgIpc) is 3.43. The molecule has 3 aromatic rings. The van der Waals surface area contributed by atoms with Crippen LogP contribution in [0.3, 0.4) is 0 Å². The van der Waals surface area contributed by atoms with E-state index >= 15 is 0 Å². The molecule has 2 aromatic heterocycles. The number of carboxylic acids is 1. The molecule has 0 radical (unpaired) electrons. The Hall–Kier alpha value is -3.90. The number of nitrogens with zero attached hydrogens (tertiary/aromatic N) is 4. The van der Waals surface area contributed by atoms with Crippen LogP contribution in [0.25, 0.3) is 0 Å². The maximum Gasteiger partial charge on any atom is 0.490 e. The highest BCUT2D eigenvalue weighted by atomic mass is 19.4. The minimum atomic E-state index is -5.08. The number of aromatic amines is 2. The maximum atomic E-state index is 12.7. The second-order valence-electron chi connectivity index (χ2n) is 7.70. The van der Waals surface area contributed by atoms with Crippen molar-refractivity contribution < 1.29 is 27.9 Å². The van der Waals surface area contributed by atoms with E-state index in [1.165, 1.54) is 5.56 Å². The molecule has 1 saturated heterocycles. The van der Waals surface area contributed by atoms with Crippen molar-refractivity contribution in [1.82, 2.24) is 29.6 Å². The number of hydrogen-bond acceptors (Lipinski definition) is 5. The predicted molar refractivity (Wildman–Crippen MR) is 113 cm³/mol. The summed E-state index contributed by atoms with van der Waals surface area (Å²) >= 11 is 0. The molecule has 1 aliphatic heterocycles. The zero-order valence-corrected chi connectivity index (χ0v) is 18.0. The van der Waals surface area contributed by atoms with E-state index in [1.807, 2.05) is 27.7 Å². The Morgan fingerprint density at radius 1 is 1.15 bits per heavy atom. The summed E-state index contributed by atoms with van der Waals surface area (Å²) in [5.41, 5.74) is 1.82. The largest absolute Gasteiger partial charge is 0.490 e. The van der Waals surface area contributed by atoms with Gasteiger partial charge in [-0.3, -0.25) is 9.78 Å². The van der Waals surface area contributed by atoms with Crippen LogP contribution in [0, 0.1) is 0 Å². The van der Waals surface area contributed by atoms with Gasteiger partial charge in [0.05, 0.1) is 12.7 Å². The fourth-order valence-electron chi connectivity index (χ4n) is 3.56. The number of imidazole rings is 1. The van der Waals surface area contributed by atoms with Gasteiger partial charge in [-0.25, -0.2) is 19.7 Å². The van der Waals surface area contributed by atoms with E-state index in [4.69, 9.17) is 9.90 Å². The smallest absolute Gasteiger partial charge is 0.475 e. The number of amides is 1. The number of carboxylic acid groups (broad SMARTS) is 1. The topological polar surface area (TPSA) is 137 Å². The van der Waals surface area contributed by atoms with Crippen LogP contribution >= 0.6 is 0 Å². The van der Waals surface area contributed by atoms with E-state index in [-0.39, 0.29) is 17.5 Å². The van der Waals surface area contributed by atoms with E-state index in [1.54, 1.807) is 12.5 Å². The zero-order chi connectivity index (χ0) is 24.7. The predicted octanol–water partition coefficient (Wildman–Crippen LogP) is 1.92. The van der Waals surface area contributed by atoms with E-state index in [0.29, 0.717) is 31.9 Å². The van der Waals surface area contributed by atoms with Gasteiger partial charge in [-0.2, -0.15) is 18.3 Å². The molecular formula is C21H23F3N6O4. The average molecular weight is 480 g/mol. The Morgan fingerprint density at radius 3 is 2.35 bits per heavy atom. The molecule has 0 saturated carbocycles. The van der Waals surface area contributed by atoms with Crippen molar-refractivity contribution in [1.29, 1.82) is 0 Å². The Labute approximate surface area is 191 Å². The first-order valence-electron chi connectivity index (χ1n) is 10.4. The second-order valence-corrected chi connectivity index (χ2v) is 7.70. The minimum absolute atomic E-state index is 0.110. The Bertz CT molecular complexity index is 1150. The van der Waals surface area contributed by atoms with Crippen LogP contribution in [0.5, 0.6) is 0 Å². The van der Waals surface area contributed by atoms with E-state index in [9.17, 15) is 22.8 Å². The van der Waals surface area contributed by atoms with Crippen LogP contribution in [0.15, 0.2) is 47.7 Å². The molecule has 10 nitrogen and oxygen atoms in total. The summed E-state index contributed by atoms with van der Waals surface area (Å²) in [6.07, 6.45) is 0.403. The number of aromatic nitrogens is 5. The molecule has 0 atom stereocenters. The molecule has 182 valence electrons. The number of hydrogen-bond donors (Lipinski definition) is 3. The molecule has 13 heteroatoms. The van der Waals surface area contributed by atoms with Crippen LogP contribution < -0.4 is 5.69 Å². The normalized spacial score (nSPS) is 14.4. The molecular weight excluding hydrogens is 457 g/mol. The van der Waals surface area contributed by atoms with Gasteiger partial charge in [0.15, 0.2) is 0 Å². The number of rotatable bonds is 5. The van der Waals surface area contributed by atoms with Gasteiger partial charge in [0.2, 0.25) is 5.91 Å². The quantitative estimate of drug-likeness (QED) is 0.510. The highest BCUT2D eigenvalue weighted by molar-refractivity contribution is 5.78. The highest BCUT2D eigenvalue weighted by Crippen LogP contribution is 2.25. The number of H-pyrrole nitrogens is 2. The third kappa shape index (κ3) is 6.80. The van der Waals surface area contributed by atoms with Crippen molar-refractivity contribution in [3.8, 4) is 0 Å². The monoisotopic (exact) mass is 480 g/mol. The lowest BCUT2D eigenvalue weighted by atomic mass is 9.96. The van der Waals surface area contributed by atoms with Gasteiger partial charge >= 0.3 is 17.8 Å². The summed E-state index contributed by atoms with van der Waals surface area (Å²) in [5, 5.41) is 13.5. The molecule has 0 spiro atoms. The molecule has 0 bridgehead atoms. The summed E-state index contributed by atoms with van der Waals surface area (Å²) < 4.78 is 33.8. The summed E-state index contributed by atoms with van der Waals surface area (Å²) in [6.45, 7) is 2.05. The van der Waals surface area contributed by atoms with Gasteiger partial charge in [0.25, 0.3) is 0 Å². The van der Waals surface area contributed by atoms with Crippen molar-refractivity contribution in [3.05, 3.63) is 70.4 Å². The van der Waals surface area contributed by atoms with Crippen molar-refractivity contribution in [2.24, 2.45) is 0 Å². The van der Waals surface area contributed by atoms with Crippen molar-refractivity contribution >= 4 is 11.9 Å². The number of likely N-dealkylation sites (tertiary alicyclic amines) is 1. The van der Waals surface area contributed by atoms with Crippen LogP contribution in [0.2, 0.25) is 0 Å². The molecule has 4 rings (SSSR count). The van der Waals surface area contributed by atoms with Crippen LogP contribution in [0.4, 0.5) is 13.2 Å². The number of carbonyl (C=O) groups excluding carboxylic acids is 1. The molecule has 3 heterocycles. The Morgan fingerprint density at radius 2 is 1.79 bits per heavy atom. The van der Waals surface area contributed by atoms with Crippen molar-refractivity contribution in [3.63, 3.8) is 0 Å². The maximum absolute atomic E-state index is 12.7.